The van der Waals surface area contributed by atoms with Crippen LogP contribution in [-0.4, -0.2) is 15.1 Å². The third-order valence-corrected chi connectivity index (χ3v) is 2.69. The normalized spacial score (nSPS) is 11.2. The Morgan fingerprint density at radius 3 is 1.68 bits per heavy atom. The van der Waals surface area contributed by atoms with E-state index in [2.05, 4.69) is 0 Å². The molecule has 0 saturated carbocycles. The molecule has 0 atom stereocenters. The highest BCUT2D eigenvalue weighted by Gasteiger charge is 2.35. The van der Waals surface area contributed by atoms with Crippen LogP contribution in [0.1, 0.15) is 36.7 Å². The first kappa shape index (κ1) is 15.0. The van der Waals surface area contributed by atoms with Gasteiger partial charge in [0.2, 0.25) is 0 Å². The van der Waals surface area contributed by atoms with Crippen LogP contribution in [0.2, 0.25) is 0 Å². The Morgan fingerprint density at radius 1 is 1.11 bits per heavy atom. The number of halogens is 1. The lowest BCUT2D eigenvalue weighted by Crippen LogP contribution is -2.17. The van der Waals surface area contributed by atoms with Crippen molar-refractivity contribution in [3.8, 4) is 0 Å². The van der Waals surface area contributed by atoms with Gasteiger partial charge in [-0.15, -0.1) is 0 Å². The van der Waals surface area contributed by atoms with Gasteiger partial charge in [0.15, 0.2) is 0 Å². The summed E-state index contributed by atoms with van der Waals surface area (Å²) < 4.78 is 0. The van der Waals surface area contributed by atoms with Gasteiger partial charge >= 0.3 is 0 Å². The molecule has 0 fully saturated rings. The first-order valence-corrected chi connectivity index (χ1v) is 5.60. The molecule has 0 N–H and O–H groups in total. The van der Waals surface area contributed by atoms with E-state index < -0.39 is 31.9 Å². The predicted molar refractivity (Wildman–Crippen MR) is 68.6 cm³/mol. The van der Waals surface area contributed by atoms with E-state index >= 15 is 0 Å². The Balaban J connectivity index is 3.81. The molecule has 1 rings (SSSR count). The van der Waals surface area contributed by atoms with Crippen LogP contribution in [0.3, 0.4) is 0 Å². The lowest BCUT2D eigenvalue weighted by atomic mass is 9.84. The van der Waals surface area contributed by atoms with E-state index in [1.54, 1.807) is 20.8 Å². The second-order valence-corrected chi connectivity index (χ2v) is 5.27. The number of hydrogen-bond acceptors (Lipinski definition) is 5. The van der Waals surface area contributed by atoms with Crippen LogP contribution in [0.5, 0.6) is 0 Å². The Bertz CT molecular complexity index is 542. The molecule has 1 aromatic carbocycles. The van der Waals surface area contributed by atoms with E-state index in [9.17, 15) is 25.0 Å². The largest absolute Gasteiger partial charge is 0.280 e. The zero-order valence-corrected chi connectivity index (χ0v) is 11.2. The molecule has 0 radical (unpaired) electrons. The molecule has 1 aromatic rings. The molecule has 0 bridgehead atoms. The molecule has 0 heterocycles. The topological polar surface area (TPSA) is 103 Å². The van der Waals surface area contributed by atoms with Gasteiger partial charge in [-0.25, -0.2) is 0 Å². The smallest absolute Gasteiger partial charge is 0.276 e. The van der Waals surface area contributed by atoms with E-state index in [1.165, 1.54) is 0 Å². The van der Waals surface area contributed by atoms with Crippen molar-refractivity contribution in [3.63, 3.8) is 0 Å². The first-order chi connectivity index (χ1) is 8.55. The minimum absolute atomic E-state index is 0.0378. The molecule has 0 aliphatic heterocycles. The summed E-state index contributed by atoms with van der Waals surface area (Å²) in [6, 6.07) is 1.92. The lowest BCUT2D eigenvalue weighted by molar-refractivity contribution is -0.396. The van der Waals surface area contributed by atoms with Crippen molar-refractivity contribution in [1.29, 1.82) is 0 Å². The van der Waals surface area contributed by atoms with Gasteiger partial charge in [0.25, 0.3) is 16.6 Å². The quantitative estimate of drug-likeness (QED) is 0.482. The maximum Gasteiger partial charge on any atom is 0.280 e. The Kier molecular flexibility index (Phi) is 3.90. The summed E-state index contributed by atoms with van der Waals surface area (Å²) in [4.78, 5) is 31.7. The lowest BCUT2D eigenvalue weighted by Gasteiger charge is -2.18. The number of nitro benzene ring substituents is 2. The third kappa shape index (κ3) is 3.05. The highest BCUT2D eigenvalue weighted by molar-refractivity contribution is 6.67. The van der Waals surface area contributed by atoms with Crippen molar-refractivity contribution >= 4 is 28.2 Å². The van der Waals surface area contributed by atoms with Gasteiger partial charge in [0, 0.05) is 23.1 Å². The molecule has 8 heteroatoms. The maximum absolute atomic E-state index is 11.1. The summed E-state index contributed by atoms with van der Waals surface area (Å²) in [7, 11) is 0. The number of rotatable bonds is 3. The molecule has 0 saturated heterocycles. The van der Waals surface area contributed by atoms with Crippen molar-refractivity contribution in [2.45, 2.75) is 26.2 Å². The van der Waals surface area contributed by atoms with Crippen LogP contribution < -0.4 is 0 Å². The Morgan fingerprint density at radius 2 is 1.47 bits per heavy atom. The van der Waals surface area contributed by atoms with Crippen LogP contribution in [0.15, 0.2) is 12.1 Å². The summed E-state index contributed by atoms with van der Waals surface area (Å²) in [5.41, 5.74) is -2.09. The molecule has 0 unspecified atom stereocenters. The van der Waals surface area contributed by atoms with Crippen molar-refractivity contribution in [1.82, 2.24) is 0 Å². The SMILES string of the molecule is CC(C)(C)c1c([N+](=O)[O-])cc(C(=O)Cl)cc1[N+](=O)[O-]. The van der Waals surface area contributed by atoms with Gasteiger partial charge in [-0.05, 0) is 11.6 Å². The fraction of sp³-hybridized carbons (Fsp3) is 0.364. The molecular weight excluding hydrogens is 276 g/mol. The highest BCUT2D eigenvalue weighted by Crippen LogP contribution is 2.39. The summed E-state index contributed by atoms with van der Waals surface area (Å²) in [5, 5.41) is 21.1. The maximum atomic E-state index is 11.1. The van der Waals surface area contributed by atoms with Crippen LogP contribution in [-0.2, 0) is 5.41 Å². The Hall–Kier alpha value is -2.02. The second-order valence-electron chi connectivity index (χ2n) is 4.93. The Labute approximate surface area is 113 Å². The first-order valence-electron chi connectivity index (χ1n) is 5.23. The van der Waals surface area contributed by atoms with Crippen molar-refractivity contribution in [2.24, 2.45) is 0 Å². The predicted octanol–water partition coefficient (Wildman–Crippen LogP) is 3.18. The molecule has 0 amide bonds. The van der Waals surface area contributed by atoms with Gasteiger partial charge < -0.3 is 0 Å². The van der Waals surface area contributed by atoms with E-state index in [0.29, 0.717) is 0 Å². The standard InChI is InChI=1S/C11H11ClN2O5/c1-11(2,3)9-7(13(16)17)4-6(10(12)15)5-8(9)14(18)19/h4-5H,1-3H3. The van der Waals surface area contributed by atoms with Crippen molar-refractivity contribution < 1.29 is 14.6 Å². The molecule has 19 heavy (non-hydrogen) atoms. The van der Waals surface area contributed by atoms with Crippen LogP contribution >= 0.6 is 11.6 Å². The summed E-state index contributed by atoms with van der Waals surface area (Å²) in [6.45, 7) is 4.85. The number of hydrogen-bond donors (Lipinski definition) is 0. The van der Waals surface area contributed by atoms with Crippen LogP contribution in [0.4, 0.5) is 11.4 Å². The summed E-state index contributed by atoms with van der Waals surface area (Å²) in [5.74, 6) is 0. The fourth-order valence-electron chi connectivity index (χ4n) is 1.78. The van der Waals surface area contributed by atoms with E-state index in [4.69, 9.17) is 11.6 Å². The average molecular weight is 287 g/mol. The van der Waals surface area contributed by atoms with Crippen molar-refractivity contribution in [3.05, 3.63) is 43.5 Å². The molecule has 0 spiro atoms. The minimum atomic E-state index is -0.980. The second kappa shape index (κ2) is 4.93. The van der Waals surface area contributed by atoms with E-state index in [1.807, 2.05) is 0 Å². The fourth-order valence-corrected chi connectivity index (χ4v) is 1.89. The summed E-state index contributed by atoms with van der Waals surface area (Å²) in [6.07, 6.45) is 0. The number of carbonyl (C=O) groups is 1. The average Bonchev–Trinajstić information content (AvgIpc) is 2.25. The van der Waals surface area contributed by atoms with Gasteiger partial charge in [-0.1, -0.05) is 20.8 Å². The number of carbonyl (C=O) groups excluding carboxylic acids is 1. The van der Waals surface area contributed by atoms with Gasteiger partial charge in [0.05, 0.1) is 9.85 Å². The minimum Gasteiger partial charge on any atom is -0.276 e. The van der Waals surface area contributed by atoms with Crippen molar-refractivity contribution in [2.75, 3.05) is 0 Å². The number of benzene rings is 1. The monoisotopic (exact) mass is 286 g/mol. The molecular formula is C11H11ClN2O5. The molecule has 0 aliphatic carbocycles. The third-order valence-electron chi connectivity index (χ3n) is 2.47. The van der Waals surface area contributed by atoms with Gasteiger partial charge in [-0.2, -0.15) is 0 Å². The van der Waals surface area contributed by atoms with Crippen LogP contribution in [0, 0.1) is 20.2 Å². The highest BCUT2D eigenvalue weighted by atomic mass is 35.5. The van der Waals surface area contributed by atoms with E-state index in [-0.39, 0.29) is 11.1 Å². The van der Waals surface area contributed by atoms with Crippen LogP contribution in [0.25, 0.3) is 0 Å². The van der Waals surface area contributed by atoms with Gasteiger partial charge in [0.1, 0.15) is 5.56 Å². The molecule has 0 aliphatic rings. The molecule has 102 valence electrons. The summed E-state index contributed by atoms with van der Waals surface area (Å²) >= 11 is 5.24. The zero-order valence-electron chi connectivity index (χ0n) is 10.5. The number of nitro groups is 2. The zero-order chi connectivity index (χ0) is 15.0. The number of nitrogens with zero attached hydrogens (tertiary/aromatic N) is 2. The molecule has 7 nitrogen and oxygen atoms in total. The van der Waals surface area contributed by atoms with E-state index in [0.717, 1.165) is 12.1 Å². The molecule has 0 aromatic heterocycles. The van der Waals surface area contributed by atoms with Gasteiger partial charge in [-0.3, -0.25) is 25.0 Å².